The summed E-state index contributed by atoms with van der Waals surface area (Å²) in [6.07, 6.45) is 0. The molecule has 3 heteroatoms. The van der Waals surface area contributed by atoms with Gasteiger partial charge in [0.15, 0.2) is 5.75 Å². The minimum atomic E-state index is 0.654. The van der Waals surface area contributed by atoms with Crippen molar-refractivity contribution >= 4 is 17.7 Å². The van der Waals surface area contributed by atoms with Crippen molar-refractivity contribution in [2.45, 2.75) is 4.90 Å². The molecule has 0 atom stereocenters. The van der Waals surface area contributed by atoms with E-state index in [9.17, 15) is 0 Å². The van der Waals surface area contributed by atoms with Gasteiger partial charge in [0.05, 0.1) is 17.7 Å². The summed E-state index contributed by atoms with van der Waals surface area (Å²) in [6, 6.07) is 17.4. The van der Waals surface area contributed by atoms with E-state index in [0.717, 1.165) is 4.90 Å². The third-order valence-corrected chi connectivity index (χ3v) is 2.62. The standard InChI is InChI=1S/C12H11NOS/c13-11-8-4-5-9-12(11)14-15-10-6-2-1-3-7-10/h1-9H,13H2. The van der Waals surface area contributed by atoms with E-state index in [1.54, 1.807) is 0 Å². The van der Waals surface area contributed by atoms with Gasteiger partial charge in [-0.2, -0.15) is 0 Å². The predicted molar refractivity (Wildman–Crippen MR) is 63.8 cm³/mol. The number of para-hydroxylation sites is 2. The molecule has 2 aromatic carbocycles. The molecule has 2 rings (SSSR count). The fourth-order valence-corrected chi connectivity index (χ4v) is 1.73. The molecule has 2 aromatic rings. The first-order chi connectivity index (χ1) is 7.36. The van der Waals surface area contributed by atoms with Crippen LogP contribution in [0.5, 0.6) is 5.75 Å². The van der Waals surface area contributed by atoms with Gasteiger partial charge in [-0.15, -0.1) is 0 Å². The molecule has 0 amide bonds. The molecule has 0 aliphatic rings. The van der Waals surface area contributed by atoms with E-state index < -0.39 is 0 Å². The molecule has 0 bridgehead atoms. The molecule has 0 unspecified atom stereocenters. The maximum atomic E-state index is 5.75. The van der Waals surface area contributed by atoms with Crippen LogP contribution in [0.25, 0.3) is 0 Å². The quantitative estimate of drug-likeness (QED) is 0.632. The molecule has 15 heavy (non-hydrogen) atoms. The van der Waals surface area contributed by atoms with Crippen molar-refractivity contribution < 1.29 is 4.18 Å². The molecule has 2 nitrogen and oxygen atoms in total. The molecule has 0 aromatic heterocycles. The Morgan fingerprint density at radius 2 is 1.53 bits per heavy atom. The Balaban J connectivity index is 2.03. The zero-order valence-electron chi connectivity index (χ0n) is 8.09. The van der Waals surface area contributed by atoms with E-state index in [-0.39, 0.29) is 0 Å². The van der Waals surface area contributed by atoms with Crippen molar-refractivity contribution in [1.29, 1.82) is 0 Å². The van der Waals surface area contributed by atoms with Crippen molar-refractivity contribution in [3.8, 4) is 5.75 Å². The molecule has 0 spiro atoms. The lowest BCUT2D eigenvalue weighted by molar-refractivity contribution is 0.649. The van der Waals surface area contributed by atoms with Crippen LogP contribution in [0.1, 0.15) is 0 Å². The van der Waals surface area contributed by atoms with Crippen LogP contribution in [0.15, 0.2) is 59.5 Å². The first kappa shape index (κ1) is 9.93. The summed E-state index contributed by atoms with van der Waals surface area (Å²) in [4.78, 5) is 1.06. The van der Waals surface area contributed by atoms with Gasteiger partial charge in [0.25, 0.3) is 0 Å². The summed E-state index contributed by atoms with van der Waals surface area (Å²) in [6.45, 7) is 0. The van der Waals surface area contributed by atoms with Crippen molar-refractivity contribution in [3.05, 3.63) is 54.6 Å². The second-order valence-electron chi connectivity index (χ2n) is 3.02. The van der Waals surface area contributed by atoms with Crippen LogP contribution >= 0.6 is 12.0 Å². The summed E-state index contributed by atoms with van der Waals surface area (Å²) in [7, 11) is 0. The van der Waals surface area contributed by atoms with Crippen molar-refractivity contribution in [1.82, 2.24) is 0 Å². The van der Waals surface area contributed by atoms with Crippen LogP contribution in [0, 0.1) is 0 Å². The largest absolute Gasteiger partial charge is 0.418 e. The molecular formula is C12H11NOS. The minimum absolute atomic E-state index is 0.654. The molecule has 76 valence electrons. The van der Waals surface area contributed by atoms with Crippen LogP contribution in [-0.4, -0.2) is 0 Å². The molecule has 0 saturated heterocycles. The highest BCUT2D eigenvalue weighted by Gasteiger charge is 1.99. The van der Waals surface area contributed by atoms with Gasteiger partial charge < -0.3 is 9.92 Å². The van der Waals surface area contributed by atoms with Crippen LogP contribution in [0.4, 0.5) is 5.69 Å². The Labute approximate surface area is 93.3 Å². The Hall–Kier alpha value is -1.61. The van der Waals surface area contributed by atoms with E-state index in [4.69, 9.17) is 9.92 Å². The average molecular weight is 217 g/mol. The summed E-state index contributed by atoms with van der Waals surface area (Å²) in [5, 5.41) is 0. The molecule has 0 aliphatic carbocycles. The Kier molecular flexibility index (Phi) is 3.15. The monoisotopic (exact) mass is 217 g/mol. The summed E-state index contributed by atoms with van der Waals surface area (Å²) < 4.78 is 5.51. The molecular weight excluding hydrogens is 206 g/mol. The molecule has 0 fully saturated rings. The lowest BCUT2D eigenvalue weighted by Gasteiger charge is -2.05. The number of rotatable bonds is 3. The fourth-order valence-electron chi connectivity index (χ4n) is 1.13. The van der Waals surface area contributed by atoms with Gasteiger partial charge in [0.1, 0.15) is 0 Å². The highest BCUT2D eigenvalue weighted by atomic mass is 32.2. The molecule has 2 N–H and O–H groups in total. The predicted octanol–water partition coefficient (Wildman–Crippen LogP) is 3.35. The number of hydrogen-bond donors (Lipinski definition) is 1. The van der Waals surface area contributed by atoms with Crippen molar-refractivity contribution in [2.75, 3.05) is 5.73 Å². The van der Waals surface area contributed by atoms with Gasteiger partial charge >= 0.3 is 0 Å². The molecule has 0 radical (unpaired) electrons. The highest BCUT2D eigenvalue weighted by molar-refractivity contribution is 7.95. The second-order valence-corrected chi connectivity index (χ2v) is 3.82. The zero-order chi connectivity index (χ0) is 10.5. The third kappa shape index (κ3) is 2.67. The topological polar surface area (TPSA) is 35.2 Å². The summed E-state index contributed by atoms with van der Waals surface area (Å²) in [5.74, 6) is 0.700. The van der Waals surface area contributed by atoms with Crippen molar-refractivity contribution in [3.63, 3.8) is 0 Å². The van der Waals surface area contributed by atoms with Gasteiger partial charge in [-0.05, 0) is 24.3 Å². The van der Waals surface area contributed by atoms with E-state index in [2.05, 4.69) is 0 Å². The Morgan fingerprint density at radius 3 is 2.27 bits per heavy atom. The fraction of sp³-hybridized carbons (Fsp3) is 0. The normalized spacial score (nSPS) is 9.87. The lowest BCUT2D eigenvalue weighted by atomic mass is 10.3. The Morgan fingerprint density at radius 1 is 0.867 bits per heavy atom. The molecule has 0 aliphatic heterocycles. The SMILES string of the molecule is Nc1ccccc1OSc1ccccc1. The van der Waals surface area contributed by atoms with Gasteiger partial charge in [-0.25, -0.2) is 0 Å². The highest BCUT2D eigenvalue weighted by Crippen LogP contribution is 2.27. The average Bonchev–Trinajstić information content (AvgIpc) is 2.29. The molecule has 0 saturated carbocycles. The third-order valence-electron chi connectivity index (χ3n) is 1.89. The maximum absolute atomic E-state index is 5.75. The molecule has 0 heterocycles. The summed E-state index contributed by atoms with van der Waals surface area (Å²) in [5.41, 5.74) is 6.40. The first-order valence-electron chi connectivity index (χ1n) is 4.60. The number of anilines is 1. The number of nitrogens with two attached hydrogens (primary N) is 1. The maximum Gasteiger partial charge on any atom is 0.160 e. The lowest BCUT2D eigenvalue weighted by Crippen LogP contribution is -1.89. The first-order valence-corrected chi connectivity index (χ1v) is 5.34. The Bertz CT molecular complexity index is 431. The van der Waals surface area contributed by atoms with Crippen molar-refractivity contribution in [2.24, 2.45) is 0 Å². The van der Waals surface area contributed by atoms with Gasteiger partial charge in [-0.1, -0.05) is 30.3 Å². The smallest absolute Gasteiger partial charge is 0.160 e. The number of benzene rings is 2. The van der Waals surface area contributed by atoms with Gasteiger partial charge in [-0.3, -0.25) is 0 Å². The van der Waals surface area contributed by atoms with Gasteiger partial charge in [0.2, 0.25) is 0 Å². The second kappa shape index (κ2) is 4.75. The van der Waals surface area contributed by atoms with Crippen LogP contribution in [0.3, 0.4) is 0 Å². The minimum Gasteiger partial charge on any atom is -0.418 e. The van der Waals surface area contributed by atoms with E-state index in [1.165, 1.54) is 12.0 Å². The van der Waals surface area contributed by atoms with Crippen LogP contribution < -0.4 is 9.92 Å². The van der Waals surface area contributed by atoms with E-state index in [1.807, 2.05) is 54.6 Å². The number of nitrogen functional groups attached to an aromatic ring is 1. The summed E-state index contributed by atoms with van der Waals surface area (Å²) >= 11 is 1.31. The van der Waals surface area contributed by atoms with Crippen LogP contribution in [-0.2, 0) is 0 Å². The van der Waals surface area contributed by atoms with Crippen LogP contribution in [0.2, 0.25) is 0 Å². The van der Waals surface area contributed by atoms with E-state index >= 15 is 0 Å². The number of hydrogen-bond acceptors (Lipinski definition) is 3. The van der Waals surface area contributed by atoms with Gasteiger partial charge in [0, 0.05) is 4.90 Å². The zero-order valence-corrected chi connectivity index (χ0v) is 8.91. The van der Waals surface area contributed by atoms with E-state index in [0.29, 0.717) is 11.4 Å².